The first kappa shape index (κ1) is 27.3. The van der Waals surface area contributed by atoms with E-state index in [1.54, 1.807) is 23.2 Å². The zero-order valence-corrected chi connectivity index (χ0v) is 21.9. The molecule has 1 aliphatic heterocycles. The highest BCUT2D eigenvalue weighted by Crippen LogP contribution is 2.28. The van der Waals surface area contributed by atoms with Crippen LogP contribution in [0.1, 0.15) is 49.7 Å². The fourth-order valence-corrected chi connectivity index (χ4v) is 4.17. The first-order chi connectivity index (χ1) is 17.0. The number of anilines is 2. The molecule has 1 saturated heterocycles. The Kier molecular flexibility index (Phi) is 9.19. The van der Waals surface area contributed by atoms with Crippen molar-refractivity contribution in [2.45, 2.75) is 46.1 Å². The Labute approximate surface area is 211 Å². The number of ether oxygens (including phenoxy) is 2. The highest BCUT2D eigenvalue weighted by atomic mass is 32.2. The molecule has 0 bridgehead atoms. The van der Waals surface area contributed by atoms with Crippen LogP contribution < -0.4 is 10.1 Å². The average Bonchev–Trinajstić information content (AvgIpc) is 2.82. The second-order valence-corrected chi connectivity index (χ2v) is 11.5. The average molecular weight is 520 g/mol. The number of ketones is 1. The molecule has 12 heteroatoms. The number of piperidine rings is 1. The van der Waals surface area contributed by atoms with Crippen molar-refractivity contribution in [3.63, 3.8) is 0 Å². The van der Waals surface area contributed by atoms with Gasteiger partial charge in [0.1, 0.15) is 33.6 Å². The number of Topliss-reactive ketones (excluding diaryl/α,β-unsaturated/α-hetero) is 1. The van der Waals surface area contributed by atoms with Crippen molar-refractivity contribution in [3.8, 4) is 5.88 Å². The molecule has 0 saturated carbocycles. The fraction of sp³-hybridized carbons (Fsp3) is 0.542. The van der Waals surface area contributed by atoms with E-state index in [4.69, 9.17) is 9.47 Å². The molecular weight excluding hydrogens is 486 g/mol. The van der Waals surface area contributed by atoms with Crippen LogP contribution in [0.15, 0.2) is 24.7 Å². The van der Waals surface area contributed by atoms with Gasteiger partial charge in [-0.2, -0.15) is 0 Å². The number of rotatable bonds is 10. The Morgan fingerprint density at radius 1 is 1.17 bits per heavy atom. The summed E-state index contributed by atoms with van der Waals surface area (Å²) < 4.78 is 34.1. The van der Waals surface area contributed by atoms with Crippen LogP contribution >= 0.6 is 0 Å². The number of carbonyl (C=O) groups excluding carboxylic acids is 2. The topological polar surface area (TPSA) is 141 Å². The molecule has 0 unspecified atom stereocenters. The van der Waals surface area contributed by atoms with Gasteiger partial charge in [-0.05, 0) is 25.0 Å². The number of sulfone groups is 1. The first-order valence-corrected chi connectivity index (χ1v) is 13.9. The molecule has 0 atom stereocenters. The van der Waals surface area contributed by atoms with Gasteiger partial charge in [-0.15, -0.1) is 0 Å². The highest BCUT2D eigenvalue weighted by molar-refractivity contribution is 7.90. The summed E-state index contributed by atoms with van der Waals surface area (Å²) in [5.74, 6) is 0.493. The monoisotopic (exact) mass is 519 g/mol. The lowest BCUT2D eigenvalue weighted by Gasteiger charge is -2.31. The van der Waals surface area contributed by atoms with Crippen LogP contribution in [0.3, 0.4) is 0 Å². The normalized spacial score (nSPS) is 14.5. The molecule has 3 rings (SSSR count). The molecular formula is C24H33N5O6S. The first-order valence-electron chi connectivity index (χ1n) is 11.9. The minimum atomic E-state index is -3.08. The number of aromatic nitrogens is 3. The van der Waals surface area contributed by atoms with E-state index in [9.17, 15) is 18.0 Å². The number of amides is 1. The zero-order valence-electron chi connectivity index (χ0n) is 21.1. The Hall–Kier alpha value is -3.28. The van der Waals surface area contributed by atoms with Crippen LogP contribution in [0, 0.1) is 5.92 Å². The largest absolute Gasteiger partial charge is 0.474 e. The smallest absolute Gasteiger partial charge is 0.409 e. The van der Waals surface area contributed by atoms with Crippen LogP contribution in [0.25, 0.3) is 0 Å². The van der Waals surface area contributed by atoms with Gasteiger partial charge in [0.2, 0.25) is 5.88 Å². The summed E-state index contributed by atoms with van der Waals surface area (Å²) >= 11 is 0. The number of carbonyl (C=O) groups is 2. The second kappa shape index (κ2) is 12.1. The van der Waals surface area contributed by atoms with E-state index < -0.39 is 9.84 Å². The Balaban J connectivity index is 1.64. The lowest BCUT2D eigenvalue weighted by Crippen LogP contribution is -2.42. The molecule has 0 spiro atoms. The number of pyridine rings is 1. The van der Waals surface area contributed by atoms with E-state index in [1.165, 1.54) is 19.5 Å². The van der Waals surface area contributed by atoms with Crippen molar-refractivity contribution < 1.29 is 27.5 Å². The number of nitrogens with one attached hydrogen (secondary N) is 1. The summed E-state index contributed by atoms with van der Waals surface area (Å²) in [7, 11) is -3.08. The maximum Gasteiger partial charge on any atom is 0.409 e. The molecule has 1 aliphatic rings. The van der Waals surface area contributed by atoms with Crippen molar-refractivity contribution >= 4 is 33.2 Å². The molecule has 2 aromatic rings. The Morgan fingerprint density at radius 2 is 1.89 bits per heavy atom. The van der Waals surface area contributed by atoms with E-state index in [0.29, 0.717) is 50.3 Å². The molecule has 1 N–H and O–H groups in total. The summed E-state index contributed by atoms with van der Waals surface area (Å²) in [6, 6.07) is 3.46. The van der Waals surface area contributed by atoms with Crippen molar-refractivity contribution in [3.05, 3.63) is 35.9 Å². The number of hydrogen-bond donors (Lipinski definition) is 1. The second-order valence-electron chi connectivity index (χ2n) is 9.28. The summed E-state index contributed by atoms with van der Waals surface area (Å²) in [5, 5.41) is 3.07. The van der Waals surface area contributed by atoms with Crippen LogP contribution in [0.4, 0.5) is 16.3 Å². The highest BCUT2D eigenvalue weighted by Gasteiger charge is 2.27. The molecule has 1 amide bonds. The van der Waals surface area contributed by atoms with Crippen molar-refractivity contribution in [1.82, 2.24) is 19.9 Å². The van der Waals surface area contributed by atoms with E-state index in [0.717, 1.165) is 0 Å². The SMILES string of the molecule is CC(=O)c1c(Nc2ccc(CCS(C)(=O)=O)nc2)ncnc1OC1CCN(C(=O)OCC(C)C)CC1. The quantitative estimate of drug-likeness (QED) is 0.466. The van der Waals surface area contributed by atoms with Gasteiger partial charge in [-0.25, -0.2) is 23.2 Å². The van der Waals surface area contributed by atoms with Gasteiger partial charge in [-0.1, -0.05) is 13.8 Å². The van der Waals surface area contributed by atoms with Gasteiger partial charge < -0.3 is 19.7 Å². The molecule has 36 heavy (non-hydrogen) atoms. The van der Waals surface area contributed by atoms with Gasteiger partial charge in [0.15, 0.2) is 5.78 Å². The predicted octanol–water partition coefficient (Wildman–Crippen LogP) is 3.04. The van der Waals surface area contributed by atoms with E-state index in [-0.39, 0.29) is 46.9 Å². The maximum absolute atomic E-state index is 12.5. The van der Waals surface area contributed by atoms with Gasteiger partial charge in [0, 0.05) is 44.3 Å². The minimum absolute atomic E-state index is 0.0198. The molecule has 11 nitrogen and oxygen atoms in total. The molecule has 0 aromatic carbocycles. The van der Waals surface area contributed by atoms with Crippen LogP contribution in [-0.2, 0) is 21.0 Å². The Bertz CT molecular complexity index is 1160. The Morgan fingerprint density at radius 3 is 2.47 bits per heavy atom. The van der Waals surface area contributed by atoms with E-state index in [1.807, 2.05) is 13.8 Å². The third-order valence-corrected chi connectivity index (χ3v) is 6.45. The standard InChI is InChI=1S/C24H33N5O6S/c1-16(2)14-34-24(31)29-10-7-20(8-11-29)35-23-21(17(3)30)22(26-15-27-23)28-19-6-5-18(25-13-19)9-12-36(4,32)33/h5-6,13,15-16,20H,7-12,14H2,1-4H3,(H,26,27,28). The zero-order chi connectivity index (χ0) is 26.3. The number of likely N-dealkylation sites (tertiary alicyclic amines) is 1. The van der Waals surface area contributed by atoms with Gasteiger partial charge in [0.25, 0.3) is 0 Å². The van der Waals surface area contributed by atoms with Crippen molar-refractivity contribution in [2.75, 3.05) is 37.0 Å². The maximum atomic E-state index is 12.5. The molecule has 2 aromatic heterocycles. The van der Waals surface area contributed by atoms with Crippen LogP contribution in [0.5, 0.6) is 5.88 Å². The molecule has 3 heterocycles. The van der Waals surface area contributed by atoms with Crippen molar-refractivity contribution in [1.29, 1.82) is 0 Å². The number of aryl methyl sites for hydroxylation is 1. The molecule has 1 fully saturated rings. The van der Waals surface area contributed by atoms with Gasteiger partial charge in [-0.3, -0.25) is 9.78 Å². The van der Waals surface area contributed by atoms with Gasteiger partial charge >= 0.3 is 6.09 Å². The summed E-state index contributed by atoms with van der Waals surface area (Å²) in [6.45, 7) is 6.75. The summed E-state index contributed by atoms with van der Waals surface area (Å²) in [5.41, 5.74) is 1.44. The lowest BCUT2D eigenvalue weighted by atomic mass is 10.1. The molecule has 0 radical (unpaired) electrons. The molecule has 0 aliphatic carbocycles. The van der Waals surface area contributed by atoms with E-state index >= 15 is 0 Å². The van der Waals surface area contributed by atoms with Gasteiger partial charge in [0.05, 0.1) is 24.2 Å². The minimum Gasteiger partial charge on any atom is -0.474 e. The van der Waals surface area contributed by atoms with Crippen LogP contribution in [-0.4, -0.2) is 78.0 Å². The number of hydrogen-bond acceptors (Lipinski definition) is 10. The fourth-order valence-electron chi connectivity index (χ4n) is 3.59. The molecule has 196 valence electrons. The summed E-state index contributed by atoms with van der Waals surface area (Å²) in [6.07, 6.45) is 5.00. The third-order valence-electron chi connectivity index (χ3n) is 5.50. The van der Waals surface area contributed by atoms with Crippen molar-refractivity contribution in [2.24, 2.45) is 5.92 Å². The number of nitrogens with zero attached hydrogens (tertiary/aromatic N) is 4. The third kappa shape index (κ3) is 8.14. The lowest BCUT2D eigenvalue weighted by molar-refractivity contribution is 0.0602. The summed E-state index contributed by atoms with van der Waals surface area (Å²) in [4.78, 5) is 39.0. The predicted molar refractivity (Wildman–Crippen MR) is 134 cm³/mol. The van der Waals surface area contributed by atoms with E-state index in [2.05, 4.69) is 20.3 Å². The van der Waals surface area contributed by atoms with Crippen LogP contribution in [0.2, 0.25) is 0 Å².